The Hall–Kier alpha value is -2.33. The SMILES string of the molecule is O=C1CO[C@H](c2ccc(Cl)cc2)[C@H](c2ccc(Cl)cc2)N1c1ccccc1. The summed E-state index contributed by atoms with van der Waals surface area (Å²) in [7, 11) is 0. The molecule has 1 saturated heterocycles. The van der Waals surface area contributed by atoms with Crippen LogP contribution in [0.15, 0.2) is 78.9 Å². The van der Waals surface area contributed by atoms with Crippen molar-refractivity contribution < 1.29 is 9.53 Å². The van der Waals surface area contributed by atoms with Crippen LogP contribution < -0.4 is 4.90 Å². The second-order valence-electron chi connectivity index (χ2n) is 6.38. The van der Waals surface area contributed by atoms with E-state index in [1.807, 2.05) is 83.8 Å². The normalized spacial score (nSPS) is 19.9. The van der Waals surface area contributed by atoms with Crippen molar-refractivity contribution in [1.82, 2.24) is 0 Å². The molecule has 0 aliphatic carbocycles. The van der Waals surface area contributed by atoms with E-state index in [1.165, 1.54) is 0 Å². The molecular formula is C22H17Cl2NO2. The first-order chi connectivity index (χ1) is 13.1. The predicted molar refractivity (Wildman–Crippen MR) is 108 cm³/mol. The predicted octanol–water partition coefficient (Wildman–Crippen LogP) is 5.84. The van der Waals surface area contributed by atoms with Crippen LogP contribution in [0.3, 0.4) is 0 Å². The van der Waals surface area contributed by atoms with Crippen LogP contribution in [-0.4, -0.2) is 12.5 Å². The topological polar surface area (TPSA) is 29.5 Å². The lowest BCUT2D eigenvalue weighted by molar-refractivity contribution is -0.132. The fourth-order valence-electron chi connectivity index (χ4n) is 3.42. The van der Waals surface area contributed by atoms with Crippen LogP contribution in [0, 0.1) is 0 Å². The molecule has 0 saturated carbocycles. The Balaban J connectivity index is 1.83. The number of benzene rings is 3. The molecule has 0 spiro atoms. The quantitative estimate of drug-likeness (QED) is 0.555. The summed E-state index contributed by atoms with van der Waals surface area (Å²) < 4.78 is 6.00. The number of nitrogens with zero attached hydrogens (tertiary/aromatic N) is 1. The van der Waals surface area contributed by atoms with E-state index in [4.69, 9.17) is 27.9 Å². The van der Waals surface area contributed by atoms with Crippen molar-refractivity contribution in [2.45, 2.75) is 12.1 Å². The molecule has 0 radical (unpaired) electrons. The molecule has 0 unspecified atom stereocenters. The minimum Gasteiger partial charge on any atom is -0.361 e. The average molecular weight is 398 g/mol. The summed E-state index contributed by atoms with van der Waals surface area (Å²) in [6.45, 7) is 0.0201. The van der Waals surface area contributed by atoms with Crippen LogP contribution in [0.4, 0.5) is 5.69 Å². The Bertz CT molecular complexity index is 927. The molecule has 1 fully saturated rings. The fourth-order valence-corrected chi connectivity index (χ4v) is 3.67. The van der Waals surface area contributed by atoms with Crippen LogP contribution in [0.5, 0.6) is 0 Å². The van der Waals surface area contributed by atoms with Crippen LogP contribution in [0.25, 0.3) is 0 Å². The molecule has 2 atom stereocenters. The Morgan fingerprint density at radius 2 is 1.33 bits per heavy atom. The van der Waals surface area contributed by atoms with Crippen molar-refractivity contribution >= 4 is 34.8 Å². The number of hydrogen-bond acceptors (Lipinski definition) is 2. The summed E-state index contributed by atoms with van der Waals surface area (Å²) in [4.78, 5) is 14.6. The third-order valence-corrected chi connectivity index (χ3v) is 5.17. The van der Waals surface area contributed by atoms with Gasteiger partial charge in [0.25, 0.3) is 5.91 Å². The summed E-state index contributed by atoms with van der Waals surface area (Å²) in [6.07, 6.45) is -0.318. The molecule has 1 aliphatic heterocycles. The number of anilines is 1. The van der Waals surface area contributed by atoms with Gasteiger partial charge in [-0.3, -0.25) is 9.69 Å². The second-order valence-corrected chi connectivity index (χ2v) is 7.25. The number of amides is 1. The van der Waals surface area contributed by atoms with Crippen molar-refractivity contribution in [1.29, 1.82) is 0 Å². The molecular weight excluding hydrogens is 381 g/mol. The summed E-state index contributed by atoms with van der Waals surface area (Å²) >= 11 is 12.1. The van der Waals surface area contributed by atoms with Gasteiger partial charge in [-0.15, -0.1) is 0 Å². The zero-order valence-corrected chi connectivity index (χ0v) is 15.9. The van der Waals surface area contributed by atoms with Crippen LogP contribution in [0.1, 0.15) is 23.3 Å². The smallest absolute Gasteiger partial charge is 0.253 e. The average Bonchev–Trinajstić information content (AvgIpc) is 2.70. The number of rotatable bonds is 3. The lowest BCUT2D eigenvalue weighted by atomic mass is 9.92. The minimum absolute atomic E-state index is 0.0201. The van der Waals surface area contributed by atoms with Crippen molar-refractivity contribution in [3.63, 3.8) is 0 Å². The van der Waals surface area contributed by atoms with Crippen LogP contribution in [-0.2, 0) is 9.53 Å². The third kappa shape index (κ3) is 3.72. The summed E-state index contributed by atoms with van der Waals surface area (Å²) in [6, 6.07) is 24.4. The summed E-state index contributed by atoms with van der Waals surface area (Å²) in [5, 5.41) is 1.31. The van der Waals surface area contributed by atoms with Crippen molar-refractivity contribution in [2.24, 2.45) is 0 Å². The van der Waals surface area contributed by atoms with Gasteiger partial charge in [0, 0.05) is 15.7 Å². The zero-order chi connectivity index (χ0) is 18.8. The van der Waals surface area contributed by atoms with Gasteiger partial charge in [-0.1, -0.05) is 65.7 Å². The van der Waals surface area contributed by atoms with E-state index in [2.05, 4.69) is 0 Å². The number of hydrogen-bond donors (Lipinski definition) is 0. The van der Waals surface area contributed by atoms with Crippen molar-refractivity contribution in [2.75, 3.05) is 11.5 Å². The van der Waals surface area contributed by atoms with Gasteiger partial charge >= 0.3 is 0 Å². The maximum atomic E-state index is 12.8. The zero-order valence-electron chi connectivity index (χ0n) is 14.4. The van der Waals surface area contributed by atoms with Gasteiger partial charge in [-0.25, -0.2) is 0 Å². The van der Waals surface area contributed by atoms with Gasteiger partial charge in [0.1, 0.15) is 12.7 Å². The lowest BCUT2D eigenvalue weighted by Crippen LogP contribution is -2.45. The molecule has 0 bridgehead atoms. The molecule has 27 heavy (non-hydrogen) atoms. The van der Waals surface area contributed by atoms with E-state index in [0.29, 0.717) is 10.0 Å². The number of para-hydroxylation sites is 1. The van der Waals surface area contributed by atoms with E-state index in [-0.39, 0.29) is 24.7 Å². The molecule has 1 heterocycles. The van der Waals surface area contributed by atoms with Crippen LogP contribution in [0.2, 0.25) is 10.0 Å². The summed E-state index contributed by atoms with van der Waals surface area (Å²) in [5.74, 6) is -0.0774. The Labute approximate surface area is 168 Å². The Morgan fingerprint density at radius 1 is 0.778 bits per heavy atom. The molecule has 1 aliphatic rings. The Kier molecular flexibility index (Phi) is 5.17. The second kappa shape index (κ2) is 7.73. The molecule has 3 nitrogen and oxygen atoms in total. The molecule has 0 aromatic heterocycles. The first kappa shape index (κ1) is 18.1. The monoisotopic (exact) mass is 397 g/mol. The van der Waals surface area contributed by atoms with E-state index >= 15 is 0 Å². The van der Waals surface area contributed by atoms with Gasteiger partial charge in [0.05, 0.1) is 6.04 Å². The minimum atomic E-state index is -0.318. The van der Waals surface area contributed by atoms with Crippen LogP contribution >= 0.6 is 23.2 Å². The van der Waals surface area contributed by atoms with Gasteiger partial charge in [-0.2, -0.15) is 0 Å². The van der Waals surface area contributed by atoms with Crippen molar-refractivity contribution in [3.8, 4) is 0 Å². The summed E-state index contributed by atoms with van der Waals surface area (Å²) in [5.41, 5.74) is 2.76. The van der Waals surface area contributed by atoms with E-state index < -0.39 is 0 Å². The van der Waals surface area contributed by atoms with E-state index in [9.17, 15) is 4.79 Å². The number of morpholine rings is 1. The number of carbonyl (C=O) groups excluding carboxylic acids is 1. The van der Waals surface area contributed by atoms with Gasteiger partial charge in [0.15, 0.2) is 0 Å². The first-order valence-electron chi connectivity index (χ1n) is 8.63. The molecule has 5 heteroatoms. The molecule has 1 amide bonds. The number of halogens is 2. The van der Waals surface area contributed by atoms with Crippen molar-refractivity contribution in [3.05, 3.63) is 100 Å². The number of carbonyl (C=O) groups is 1. The third-order valence-electron chi connectivity index (χ3n) is 4.66. The molecule has 3 aromatic rings. The highest BCUT2D eigenvalue weighted by Gasteiger charge is 2.39. The number of ether oxygens (including phenoxy) is 1. The highest BCUT2D eigenvalue weighted by atomic mass is 35.5. The molecule has 0 N–H and O–H groups in total. The lowest BCUT2D eigenvalue weighted by Gasteiger charge is -2.41. The highest BCUT2D eigenvalue weighted by molar-refractivity contribution is 6.30. The van der Waals surface area contributed by atoms with E-state index in [0.717, 1.165) is 16.8 Å². The molecule has 4 rings (SSSR count). The maximum Gasteiger partial charge on any atom is 0.253 e. The van der Waals surface area contributed by atoms with E-state index in [1.54, 1.807) is 0 Å². The highest BCUT2D eigenvalue weighted by Crippen LogP contribution is 2.42. The fraction of sp³-hybridized carbons (Fsp3) is 0.136. The van der Waals surface area contributed by atoms with Gasteiger partial charge in [0.2, 0.25) is 0 Å². The Morgan fingerprint density at radius 3 is 1.93 bits per heavy atom. The largest absolute Gasteiger partial charge is 0.361 e. The molecule has 3 aromatic carbocycles. The maximum absolute atomic E-state index is 12.8. The molecule has 136 valence electrons. The first-order valence-corrected chi connectivity index (χ1v) is 9.39. The standard InChI is InChI=1S/C22H17Cl2NO2/c23-17-10-6-15(7-11-17)21-22(16-8-12-18(24)13-9-16)27-14-20(26)25(21)19-4-2-1-3-5-19/h1-13,21-22H,14H2/t21-,22+/m0/s1. The van der Waals surface area contributed by atoms with Gasteiger partial charge in [-0.05, 0) is 47.5 Å². The van der Waals surface area contributed by atoms with Gasteiger partial charge < -0.3 is 4.74 Å².